The van der Waals surface area contributed by atoms with Crippen LogP contribution in [0.4, 0.5) is 5.69 Å². The first-order valence-corrected chi connectivity index (χ1v) is 11.7. The lowest BCUT2D eigenvalue weighted by molar-refractivity contribution is -0.121. The van der Waals surface area contributed by atoms with Crippen LogP contribution in [0.2, 0.25) is 0 Å². The number of hydrogen-bond donors (Lipinski definition) is 1. The van der Waals surface area contributed by atoms with Crippen LogP contribution in [0.3, 0.4) is 0 Å². The Morgan fingerprint density at radius 2 is 1.89 bits per heavy atom. The van der Waals surface area contributed by atoms with Gasteiger partial charge in [-0.25, -0.2) is 4.68 Å². The van der Waals surface area contributed by atoms with E-state index in [4.69, 9.17) is 20.3 Å². The van der Waals surface area contributed by atoms with E-state index in [0.29, 0.717) is 28.5 Å². The number of nitriles is 1. The third-order valence-corrected chi connectivity index (χ3v) is 7.38. The fraction of sp³-hybridized carbons (Fsp3) is 0.250. The highest BCUT2D eigenvalue weighted by atomic mass is 16.5. The van der Waals surface area contributed by atoms with Crippen LogP contribution < -0.4 is 20.1 Å². The van der Waals surface area contributed by atoms with Gasteiger partial charge in [0.15, 0.2) is 0 Å². The number of carbonyl (C=O) groups excluding carboxylic acids is 1. The van der Waals surface area contributed by atoms with Gasteiger partial charge in [-0.3, -0.25) is 4.79 Å². The molecule has 0 bridgehead atoms. The van der Waals surface area contributed by atoms with E-state index in [1.807, 2.05) is 70.2 Å². The maximum absolute atomic E-state index is 14.8. The molecule has 36 heavy (non-hydrogen) atoms. The summed E-state index contributed by atoms with van der Waals surface area (Å²) in [5.74, 6) is 0.527. The predicted octanol–water partition coefficient (Wildman–Crippen LogP) is 4.10. The number of benzene rings is 2. The SMILES string of the molecule is COc1cc2c3c(c1)[C@@]1(C(=O)N3C(C)(C)C=C2C)C(C#N)=C(N)Oc2c1c(C)nn2-c1ccccc1. The molecule has 180 valence electrons. The van der Waals surface area contributed by atoms with E-state index in [2.05, 4.69) is 12.1 Å². The smallest absolute Gasteiger partial charge is 0.248 e. The van der Waals surface area contributed by atoms with Gasteiger partial charge in [-0.05, 0) is 57.5 Å². The lowest BCUT2D eigenvalue weighted by Gasteiger charge is -2.40. The topological polar surface area (TPSA) is 106 Å². The molecule has 4 heterocycles. The highest BCUT2D eigenvalue weighted by molar-refractivity contribution is 6.18. The fourth-order valence-corrected chi connectivity index (χ4v) is 6.02. The molecule has 6 rings (SSSR count). The average Bonchev–Trinajstić information content (AvgIpc) is 3.31. The summed E-state index contributed by atoms with van der Waals surface area (Å²) in [7, 11) is 1.59. The molecule has 8 heteroatoms. The lowest BCUT2D eigenvalue weighted by atomic mass is 9.68. The molecule has 3 aliphatic rings. The van der Waals surface area contributed by atoms with E-state index in [9.17, 15) is 10.1 Å². The molecule has 3 aromatic rings. The van der Waals surface area contributed by atoms with Crippen molar-refractivity contribution in [3.05, 3.63) is 82.4 Å². The minimum Gasteiger partial charge on any atom is -0.497 e. The quantitative estimate of drug-likeness (QED) is 0.593. The summed E-state index contributed by atoms with van der Waals surface area (Å²) in [6.07, 6.45) is 2.06. The van der Waals surface area contributed by atoms with Crippen LogP contribution >= 0.6 is 0 Å². The Balaban J connectivity index is 1.78. The summed E-state index contributed by atoms with van der Waals surface area (Å²) in [6.45, 7) is 7.83. The van der Waals surface area contributed by atoms with E-state index in [0.717, 1.165) is 22.5 Å². The molecule has 3 aliphatic heterocycles. The maximum atomic E-state index is 14.8. The van der Waals surface area contributed by atoms with Crippen molar-refractivity contribution in [1.82, 2.24) is 9.78 Å². The number of nitrogens with zero attached hydrogens (tertiary/aromatic N) is 4. The van der Waals surface area contributed by atoms with Gasteiger partial charge in [0, 0.05) is 11.1 Å². The van der Waals surface area contributed by atoms with Crippen LogP contribution in [0.1, 0.15) is 43.2 Å². The number of aromatic nitrogens is 2. The summed E-state index contributed by atoms with van der Waals surface area (Å²) in [6, 6.07) is 15.5. The average molecular weight is 480 g/mol. The van der Waals surface area contributed by atoms with Crippen LogP contribution in [-0.2, 0) is 10.2 Å². The Bertz CT molecular complexity index is 1590. The number of para-hydroxylation sites is 1. The van der Waals surface area contributed by atoms with Crippen LogP contribution in [0.15, 0.2) is 60.0 Å². The number of rotatable bonds is 2. The third kappa shape index (κ3) is 2.47. The lowest BCUT2D eigenvalue weighted by Crippen LogP contribution is -2.53. The van der Waals surface area contributed by atoms with Gasteiger partial charge in [0.2, 0.25) is 17.7 Å². The maximum Gasteiger partial charge on any atom is 0.248 e. The molecule has 2 aromatic carbocycles. The molecule has 0 aliphatic carbocycles. The second kappa shape index (κ2) is 7.01. The molecular formula is C28H25N5O3. The Hall–Kier alpha value is -4.51. The molecule has 8 nitrogen and oxygen atoms in total. The van der Waals surface area contributed by atoms with E-state index in [1.165, 1.54) is 0 Å². The van der Waals surface area contributed by atoms with Crippen molar-refractivity contribution in [2.24, 2.45) is 5.73 Å². The summed E-state index contributed by atoms with van der Waals surface area (Å²) in [5.41, 5.74) is 9.44. The molecule has 1 atom stereocenters. The van der Waals surface area contributed by atoms with E-state index < -0.39 is 11.0 Å². The molecule has 1 aromatic heterocycles. The van der Waals surface area contributed by atoms with Crippen molar-refractivity contribution in [1.29, 1.82) is 5.26 Å². The molecule has 0 saturated carbocycles. The number of anilines is 1. The Kier molecular flexibility index (Phi) is 4.28. The number of nitrogens with two attached hydrogens (primary N) is 1. The predicted molar refractivity (Wildman–Crippen MR) is 135 cm³/mol. The van der Waals surface area contributed by atoms with Gasteiger partial charge >= 0.3 is 0 Å². The Morgan fingerprint density at radius 3 is 2.56 bits per heavy atom. The number of carbonyl (C=O) groups is 1. The van der Waals surface area contributed by atoms with Crippen molar-refractivity contribution < 1.29 is 14.3 Å². The largest absolute Gasteiger partial charge is 0.497 e. The zero-order valence-electron chi connectivity index (χ0n) is 20.7. The zero-order chi connectivity index (χ0) is 25.6. The van der Waals surface area contributed by atoms with E-state index in [-0.39, 0.29) is 17.4 Å². The Labute approximate surface area is 208 Å². The summed E-state index contributed by atoms with van der Waals surface area (Å²) >= 11 is 0. The van der Waals surface area contributed by atoms with Gasteiger partial charge in [-0.2, -0.15) is 10.4 Å². The minimum atomic E-state index is -1.53. The monoisotopic (exact) mass is 479 g/mol. The summed E-state index contributed by atoms with van der Waals surface area (Å²) in [5, 5.41) is 15.2. The molecular weight excluding hydrogens is 454 g/mol. The van der Waals surface area contributed by atoms with Gasteiger partial charge in [0.05, 0.1) is 35.3 Å². The molecule has 0 saturated heterocycles. The zero-order valence-corrected chi connectivity index (χ0v) is 20.7. The third-order valence-electron chi connectivity index (χ3n) is 7.38. The molecule has 1 spiro atoms. The standard InChI is InChI=1S/C28H25N5O3/c1-15-13-27(3,4)32-23-19(15)11-18(35-5)12-20(23)28(26(32)34)21(14-29)24(30)36-25-22(28)16(2)31-33(25)17-9-7-6-8-10-17/h6-13H,30H2,1-5H3/t28-/m1/s1. The molecule has 0 radical (unpaired) electrons. The first kappa shape index (κ1) is 22.0. The summed E-state index contributed by atoms with van der Waals surface area (Å²) in [4.78, 5) is 16.6. The van der Waals surface area contributed by atoms with E-state index >= 15 is 0 Å². The number of methoxy groups -OCH3 is 1. The number of fused-ring (bicyclic) bond motifs is 3. The molecule has 0 fully saturated rings. The van der Waals surface area contributed by atoms with Crippen LogP contribution in [0.5, 0.6) is 11.6 Å². The van der Waals surface area contributed by atoms with Gasteiger partial charge in [-0.1, -0.05) is 24.3 Å². The van der Waals surface area contributed by atoms with Crippen molar-refractivity contribution in [3.8, 4) is 23.4 Å². The number of ether oxygens (including phenoxy) is 2. The molecule has 1 amide bonds. The summed E-state index contributed by atoms with van der Waals surface area (Å²) < 4.78 is 13.4. The van der Waals surface area contributed by atoms with Crippen LogP contribution in [0.25, 0.3) is 11.3 Å². The number of hydrogen-bond acceptors (Lipinski definition) is 6. The Morgan fingerprint density at radius 1 is 1.17 bits per heavy atom. The highest BCUT2D eigenvalue weighted by Crippen LogP contribution is 2.61. The van der Waals surface area contributed by atoms with Crippen molar-refractivity contribution >= 4 is 17.2 Å². The fourth-order valence-electron chi connectivity index (χ4n) is 6.02. The normalized spacial score (nSPS) is 21.1. The minimum absolute atomic E-state index is 0.0500. The second-order valence-electron chi connectivity index (χ2n) is 9.91. The molecule has 2 N–H and O–H groups in total. The first-order valence-electron chi connectivity index (χ1n) is 11.7. The van der Waals surface area contributed by atoms with Crippen molar-refractivity contribution in [2.45, 2.75) is 38.6 Å². The van der Waals surface area contributed by atoms with E-state index in [1.54, 1.807) is 16.7 Å². The number of amides is 1. The number of allylic oxidation sites excluding steroid dienone is 1. The van der Waals surface area contributed by atoms with Crippen molar-refractivity contribution in [2.75, 3.05) is 12.0 Å². The van der Waals surface area contributed by atoms with Gasteiger partial charge in [0.25, 0.3) is 0 Å². The van der Waals surface area contributed by atoms with Gasteiger partial charge in [0.1, 0.15) is 22.8 Å². The second-order valence-corrected chi connectivity index (χ2v) is 9.91. The number of aryl methyl sites for hydroxylation is 1. The first-order chi connectivity index (χ1) is 17.2. The van der Waals surface area contributed by atoms with Gasteiger partial charge in [-0.15, -0.1) is 0 Å². The van der Waals surface area contributed by atoms with Crippen molar-refractivity contribution in [3.63, 3.8) is 0 Å². The highest BCUT2D eigenvalue weighted by Gasteiger charge is 2.64. The molecule has 0 unspecified atom stereocenters. The van der Waals surface area contributed by atoms with Gasteiger partial charge < -0.3 is 20.1 Å². The van der Waals surface area contributed by atoms with Crippen LogP contribution in [0, 0.1) is 18.3 Å². The van der Waals surface area contributed by atoms with Crippen LogP contribution in [-0.4, -0.2) is 28.3 Å².